The minimum absolute atomic E-state index is 0.0702. The van der Waals surface area contributed by atoms with Crippen molar-refractivity contribution in [2.45, 2.75) is 25.4 Å². The number of hydrogen-bond donors (Lipinski definition) is 0. The van der Waals surface area contributed by atoms with Gasteiger partial charge in [0.25, 0.3) is 0 Å². The van der Waals surface area contributed by atoms with E-state index in [4.69, 9.17) is 9.72 Å². The third-order valence-corrected chi connectivity index (χ3v) is 4.27. The summed E-state index contributed by atoms with van der Waals surface area (Å²) >= 11 is 0. The molecule has 0 bridgehead atoms. The summed E-state index contributed by atoms with van der Waals surface area (Å²) in [5, 5.41) is 0. The van der Waals surface area contributed by atoms with E-state index >= 15 is 0 Å². The minimum atomic E-state index is 0.0702. The molecule has 1 spiro atoms. The largest absolute Gasteiger partial charge is 0.376 e. The lowest BCUT2D eigenvalue weighted by molar-refractivity contribution is 0.0511. The Morgan fingerprint density at radius 1 is 1.32 bits per heavy atom. The van der Waals surface area contributed by atoms with E-state index in [0.717, 1.165) is 37.8 Å². The molecule has 3 heterocycles. The SMILES string of the molecule is Cc1nc(N(C)C)nc2c1COC[C@@]21CCN(C)C1. The van der Waals surface area contributed by atoms with Crippen LogP contribution in [-0.4, -0.2) is 55.7 Å². The Kier molecular flexibility index (Phi) is 2.98. The van der Waals surface area contributed by atoms with Gasteiger partial charge < -0.3 is 14.5 Å². The van der Waals surface area contributed by atoms with Gasteiger partial charge in [-0.2, -0.15) is 0 Å². The summed E-state index contributed by atoms with van der Waals surface area (Å²) in [7, 11) is 6.16. The van der Waals surface area contributed by atoms with Crippen LogP contribution in [0.2, 0.25) is 0 Å². The highest BCUT2D eigenvalue weighted by Crippen LogP contribution is 2.39. The highest BCUT2D eigenvalue weighted by atomic mass is 16.5. The van der Waals surface area contributed by atoms with Crippen LogP contribution in [0.5, 0.6) is 0 Å². The molecule has 5 heteroatoms. The Morgan fingerprint density at radius 3 is 2.74 bits per heavy atom. The molecule has 1 atom stereocenters. The molecule has 3 rings (SSSR count). The van der Waals surface area contributed by atoms with Crippen LogP contribution in [0, 0.1) is 6.92 Å². The smallest absolute Gasteiger partial charge is 0.225 e. The number of rotatable bonds is 1. The van der Waals surface area contributed by atoms with Crippen molar-refractivity contribution in [2.75, 3.05) is 45.7 Å². The second-order valence-electron chi connectivity index (χ2n) is 6.09. The summed E-state index contributed by atoms with van der Waals surface area (Å²) in [5.74, 6) is 0.812. The fraction of sp³-hybridized carbons (Fsp3) is 0.714. The van der Waals surface area contributed by atoms with Gasteiger partial charge in [0.15, 0.2) is 0 Å². The zero-order chi connectivity index (χ0) is 13.6. The summed E-state index contributed by atoms with van der Waals surface area (Å²) < 4.78 is 5.84. The molecule has 5 nitrogen and oxygen atoms in total. The Balaban J connectivity index is 2.12. The first kappa shape index (κ1) is 12.8. The third-order valence-electron chi connectivity index (χ3n) is 4.27. The van der Waals surface area contributed by atoms with Crippen molar-refractivity contribution in [1.29, 1.82) is 0 Å². The Morgan fingerprint density at radius 2 is 2.11 bits per heavy atom. The molecule has 1 saturated heterocycles. The highest BCUT2D eigenvalue weighted by molar-refractivity contribution is 5.41. The van der Waals surface area contributed by atoms with Gasteiger partial charge in [-0.25, -0.2) is 9.97 Å². The van der Waals surface area contributed by atoms with Crippen LogP contribution in [0.4, 0.5) is 5.95 Å². The van der Waals surface area contributed by atoms with E-state index in [2.05, 4.69) is 23.9 Å². The van der Waals surface area contributed by atoms with E-state index < -0.39 is 0 Å². The molecule has 0 aliphatic carbocycles. The number of anilines is 1. The third kappa shape index (κ3) is 2.01. The molecule has 0 saturated carbocycles. The lowest BCUT2D eigenvalue weighted by Crippen LogP contribution is -2.40. The van der Waals surface area contributed by atoms with Crippen LogP contribution in [0.15, 0.2) is 0 Å². The molecule has 0 N–H and O–H groups in total. The lowest BCUT2D eigenvalue weighted by atomic mass is 9.80. The van der Waals surface area contributed by atoms with Crippen molar-refractivity contribution in [2.24, 2.45) is 0 Å². The summed E-state index contributed by atoms with van der Waals surface area (Å²) in [5.41, 5.74) is 3.55. The van der Waals surface area contributed by atoms with Crippen molar-refractivity contribution in [3.63, 3.8) is 0 Å². The van der Waals surface area contributed by atoms with Crippen molar-refractivity contribution in [3.8, 4) is 0 Å². The number of likely N-dealkylation sites (N-methyl/N-ethyl adjacent to an activating group) is 1. The predicted octanol–water partition coefficient (Wildman–Crippen LogP) is 0.955. The molecule has 1 aromatic heterocycles. The molecule has 104 valence electrons. The van der Waals surface area contributed by atoms with E-state index in [0.29, 0.717) is 6.61 Å². The van der Waals surface area contributed by atoms with Crippen LogP contribution in [0.1, 0.15) is 23.4 Å². The summed E-state index contributed by atoms with van der Waals surface area (Å²) in [6.45, 7) is 5.65. The first-order valence-electron chi connectivity index (χ1n) is 6.83. The molecule has 1 aromatic rings. The van der Waals surface area contributed by atoms with Gasteiger partial charge in [0, 0.05) is 31.9 Å². The van der Waals surface area contributed by atoms with Gasteiger partial charge in [-0.05, 0) is 26.9 Å². The molecule has 0 radical (unpaired) electrons. The van der Waals surface area contributed by atoms with E-state index in [1.165, 1.54) is 11.3 Å². The van der Waals surface area contributed by atoms with E-state index in [1.807, 2.05) is 19.0 Å². The van der Waals surface area contributed by atoms with Gasteiger partial charge in [0.05, 0.1) is 24.3 Å². The van der Waals surface area contributed by atoms with Crippen LogP contribution in [0.3, 0.4) is 0 Å². The first-order chi connectivity index (χ1) is 9.02. The average molecular weight is 262 g/mol. The standard InChI is InChI=1S/C14H22N4O/c1-10-11-7-19-9-14(5-6-18(4)8-14)12(11)16-13(15-10)17(2)3/h5-9H2,1-4H3/t14-/m0/s1. The normalized spacial score (nSPS) is 26.7. The van der Waals surface area contributed by atoms with Crippen molar-refractivity contribution in [1.82, 2.24) is 14.9 Å². The number of fused-ring (bicyclic) bond motifs is 2. The monoisotopic (exact) mass is 262 g/mol. The van der Waals surface area contributed by atoms with Crippen molar-refractivity contribution in [3.05, 3.63) is 17.0 Å². The number of likely N-dealkylation sites (tertiary alicyclic amines) is 1. The Bertz CT molecular complexity index is 502. The molecule has 2 aliphatic rings. The zero-order valence-corrected chi connectivity index (χ0v) is 12.2. The lowest BCUT2D eigenvalue weighted by Gasteiger charge is -2.35. The number of aryl methyl sites for hydroxylation is 1. The van der Waals surface area contributed by atoms with E-state index in [-0.39, 0.29) is 5.41 Å². The molecular formula is C14H22N4O. The number of hydrogen-bond acceptors (Lipinski definition) is 5. The molecule has 0 aromatic carbocycles. The minimum Gasteiger partial charge on any atom is -0.376 e. The number of nitrogens with zero attached hydrogens (tertiary/aromatic N) is 4. The summed E-state index contributed by atoms with van der Waals surface area (Å²) in [4.78, 5) is 13.8. The number of ether oxygens (including phenoxy) is 1. The topological polar surface area (TPSA) is 41.5 Å². The van der Waals surface area contributed by atoms with Gasteiger partial charge in [-0.3, -0.25) is 0 Å². The maximum atomic E-state index is 5.84. The predicted molar refractivity (Wildman–Crippen MR) is 74.5 cm³/mol. The van der Waals surface area contributed by atoms with Crippen LogP contribution in [0.25, 0.3) is 0 Å². The molecule has 0 unspecified atom stereocenters. The molecule has 1 fully saturated rings. The molecule has 19 heavy (non-hydrogen) atoms. The van der Waals surface area contributed by atoms with Crippen molar-refractivity contribution < 1.29 is 4.74 Å². The zero-order valence-electron chi connectivity index (χ0n) is 12.2. The summed E-state index contributed by atoms with van der Waals surface area (Å²) in [6.07, 6.45) is 1.12. The molecule has 0 amide bonds. The van der Waals surface area contributed by atoms with Gasteiger partial charge >= 0.3 is 0 Å². The second kappa shape index (κ2) is 4.42. The van der Waals surface area contributed by atoms with E-state index in [1.54, 1.807) is 0 Å². The summed E-state index contributed by atoms with van der Waals surface area (Å²) in [6, 6.07) is 0. The van der Waals surface area contributed by atoms with Gasteiger partial charge in [-0.1, -0.05) is 0 Å². The molecular weight excluding hydrogens is 240 g/mol. The second-order valence-corrected chi connectivity index (χ2v) is 6.09. The van der Waals surface area contributed by atoms with Crippen LogP contribution < -0.4 is 4.90 Å². The van der Waals surface area contributed by atoms with Gasteiger partial charge in [-0.15, -0.1) is 0 Å². The van der Waals surface area contributed by atoms with Gasteiger partial charge in [0.2, 0.25) is 5.95 Å². The fourth-order valence-corrected chi connectivity index (χ4v) is 3.20. The van der Waals surface area contributed by atoms with Crippen molar-refractivity contribution >= 4 is 5.95 Å². The Hall–Kier alpha value is -1.20. The number of aromatic nitrogens is 2. The van der Waals surface area contributed by atoms with Crippen LogP contribution in [-0.2, 0) is 16.8 Å². The average Bonchev–Trinajstić information content (AvgIpc) is 2.72. The first-order valence-corrected chi connectivity index (χ1v) is 6.83. The Labute approximate surface area is 114 Å². The van der Waals surface area contributed by atoms with Crippen LogP contribution >= 0.6 is 0 Å². The maximum absolute atomic E-state index is 5.84. The maximum Gasteiger partial charge on any atom is 0.225 e. The van der Waals surface area contributed by atoms with Gasteiger partial charge in [0.1, 0.15) is 0 Å². The quantitative estimate of drug-likeness (QED) is 0.754. The fourth-order valence-electron chi connectivity index (χ4n) is 3.20. The highest BCUT2D eigenvalue weighted by Gasteiger charge is 2.44. The molecule has 2 aliphatic heterocycles. The van der Waals surface area contributed by atoms with E-state index in [9.17, 15) is 0 Å².